The number of hydrazine groups is 1. The highest BCUT2D eigenvalue weighted by Crippen LogP contribution is 1.88. The van der Waals surface area contributed by atoms with E-state index in [1.54, 1.807) is 0 Å². The van der Waals surface area contributed by atoms with Gasteiger partial charge in [-0.2, -0.15) is 0 Å². The van der Waals surface area contributed by atoms with Gasteiger partial charge in [0.15, 0.2) is 6.30 Å². The van der Waals surface area contributed by atoms with Gasteiger partial charge in [0.05, 0.1) is 0 Å². The standard InChI is InChI=1S/C3H5FN2/c4-3-1-2-5-6-3/h1-3,5-6H. The van der Waals surface area contributed by atoms with Crippen molar-refractivity contribution in [2.24, 2.45) is 0 Å². The first-order valence-electron chi connectivity index (χ1n) is 1.71. The lowest BCUT2D eigenvalue weighted by Crippen LogP contribution is -2.26. The Morgan fingerprint density at radius 1 is 1.67 bits per heavy atom. The number of hydrogen-bond donors (Lipinski definition) is 2. The number of halogens is 1. The summed E-state index contributed by atoms with van der Waals surface area (Å²) in [5.41, 5.74) is 4.76. The predicted molar refractivity (Wildman–Crippen MR) is 20.3 cm³/mol. The van der Waals surface area contributed by atoms with Gasteiger partial charge in [-0.05, 0) is 6.08 Å². The lowest BCUT2D eigenvalue weighted by atomic mass is 10.6. The summed E-state index contributed by atoms with van der Waals surface area (Å²) < 4.78 is 11.7. The molecule has 2 N–H and O–H groups in total. The number of rotatable bonds is 0. The predicted octanol–water partition coefficient (Wildman–Crippen LogP) is -0.0965. The summed E-state index contributed by atoms with van der Waals surface area (Å²) in [6, 6.07) is 0. The van der Waals surface area contributed by atoms with E-state index in [-0.39, 0.29) is 0 Å². The summed E-state index contributed by atoms with van der Waals surface area (Å²) in [4.78, 5) is 0. The van der Waals surface area contributed by atoms with Crippen LogP contribution in [0.15, 0.2) is 12.3 Å². The van der Waals surface area contributed by atoms with Crippen LogP contribution in [0.3, 0.4) is 0 Å². The fourth-order valence-corrected chi connectivity index (χ4v) is 0.308. The molecule has 0 aliphatic carbocycles. The van der Waals surface area contributed by atoms with Gasteiger partial charge < -0.3 is 5.43 Å². The van der Waals surface area contributed by atoms with Crippen molar-refractivity contribution < 1.29 is 4.39 Å². The lowest BCUT2D eigenvalue weighted by molar-refractivity contribution is 0.335. The zero-order valence-corrected chi connectivity index (χ0v) is 3.11. The molecule has 0 bridgehead atoms. The van der Waals surface area contributed by atoms with Gasteiger partial charge in [0.2, 0.25) is 0 Å². The van der Waals surface area contributed by atoms with Gasteiger partial charge in [-0.15, -0.1) is 0 Å². The third-order valence-electron chi connectivity index (χ3n) is 0.570. The van der Waals surface area contributed by atoms with Crippen LogP contribution in [0.25, 0.3) is 0 Å². The molecule has 34 valence electrons. The molecule has 3 heteroatoms. The monoisotopic (exact) mass is 88.0 g/mol. The van der Waals surface area contributed by atoms with Crippen molar-refractivity contribution in [1.82, 2.24) is 10.9 Å². The van der Waals surface area contributed by atoms with Crippen LogP contribution in [0.4, 0.5) is 4.39 Å². The van der Waals surface area contributed by atoms with E-state index in [1.807, 2.05) is 0 Å². The van der Waals surface area contributed by atoms with Crippen LogP contribution in [-0.4, -0.2) is 6.30 Å². The summed E-state index contributed by atoms with van der Waals surface area (Å²) in [5, 5.41) is 0. The van der Waals surface area contributed by atoms with Crippen LogP contribution in [0.5, 0.6) is 0 Å². The molecule has 0 aromatic rings. The second-order valence-corrected chi connectivity index (χ2v) is 1.05. The zero-order chi connectivity index (χ0) is 4.41. The Labute approximate surface area is 35.0 Å². The molecular weight excluding hydrogens is 83.0 g/mol. The van der Waals surface area contributed by atoms with Crippen molar-refractivity contribution in [2.45, 2.75) is 6.30 Å². The number of nitrogens with one attached hydrogen (secondary N) is 2. The smallest absolute Gasteiger partial charge is 0.187 e. The fraction of sp³-hybridized carbons (Fsp3) is 0.333. The van der Waals surface area contributed by atoms with Gasteiger partial charge in [-0.3, -0.25) is 0 Å². The van der Waals surface area contributed by atoms with E-state index in [0.717, 1.165) is 0 Å². The zero-order valence-electron chi connectivity index (χ0n) is 3.11. The fourth-order valence-electron chi connectivity index (χ4n) is 0.308. The Morgan fingerprint density at radius 3 is 2.67 bits per heavy atom. The van der Waals surface area contributed by atoms with Crippen LogP contribution in [0.2, 0.25) is 0 Å². The molecule has 1 rings (SSSR count). The first kappa shape index (κ1) is 3.61. The van der Waals surface area contributed by atoms with Crippen LogP contribution in [-0.2, 0) is 0 Å². The van der Waals surface area contributed by atoms with Crippen molar-refractivity contribution in [3.8, 4) is 0 Å². The molecule has 0 aromatic heterocycles. The van der Waals surface area contributed by atoms with E-state index in [9.17, 15) is 4.39 Å². The van der Waals surface area contributed by atoms with Crippen molar-refractivity contribution in [3.63, 3.8) is 0 Å². The summed E-state index contributed by atoms with van der Waals surface area (Å²) in [7, 11) is 0. The van der Waals surface area contributed by atoms with Crippen LogP contribution in [0, 0.1) is 0 Å². The molecule has 1 aliphatic heterocycles. The Hall–Kier alpha value is -0.570. The van der Waals surface area contributed by atoms with E-state index < -0.39 is 6.30 Å². The summed E-state index contributed by atoms with van der Waals surface area (Å²) >= 11 is 0. The third kappa shape index (κ3) is 0.490. The highest BCUT2D eigenvalue weighted by atomic mass is 19.1. The van der Waals surface area contributed by atoms with Crippen LogP contribution in [0.1, 0.15) is 0 Å². The topological polar surface area (TPSA) is 24.1 Å². The lowest BCUT2D eigenvalue weighted by Gasteiger charge is -1.91. The maximum absolute atomic E-state index is 11.7. The van der Waals surface area contributed by atoms with Gasteiger partial charge in [0, 0.05) is 6.20 Å². The molecule has 2 nitrogen and oxygen atoms in total. The van der Waals surface area contributed by atoms with Gasteiger partial charge in [-0.1, -0.05) is 0 Å². The maximum Gasteiger partial charge on any atom is 0.187 e. The SMILES string of the molecule is FC1C=CNN1. The Balaban J connectivity index is 2.38. The Kier molecular flexibility index (Phi) is 0.759. The van der Waals surface area contributed by atoms with Crippen molar-refractivity contribution >= 4 is 0 Å². The van der Waals surface area contributed by atoms with Crippen molar-refractivity contribution in [1.29, 1.82) is 0 Å². The molecule has 0 saturated heterocycles. The van der Waals surface area contributed by atoms with Crippen molar-refractivity contribution in [3.05, 3.63) is 12.3 Å². The normalized spacial score (nSPS) is 30.5. The molecule has 1 heterocycles. The second kappa shape index (κ2) is 1.26. The van der Waals surface area contributed by atoms with E-state index in [1.165, 1.54) is 12.3 Å². The van der Waals surface area contributed by atoms with Gasteiger partial charge in [0.1, 0.15) is 0 Å². The summed E-state index contributed by atoms with van der Waals surface area (Å²) in [6.45, 7) is 0. The molecular formula is C3H5FN2. The average molecular weight is 88.1 g/mol. The Morgan fingerprint density at radius 2 is 2.50 bits per heavy atom. The Bertz CT molecular complexity index is 71.2. The highest BCUT2D eigenvalue weighted by molar-refractivity contribution is 4.90. The molecule has 0 aromatic carbocycles. The summed E-state index contributed by atoms with van der Waals surface area (Å²) in [5.74, 6) is 0. The quantitative estimate of drug-likeness (QED) is 0.404. The first-order chi connectivity index (χ1) is 2.89. The van der Waals surface area contributed by atoms with E-state index >= 15 is 0 Å². The van der Waals surface area contributed by atoms with Crippen LogP contribution < -0.4 is 10.9 Å². The molecule has 0 spiro atoms. The minimum absolute atomic E-state index is 0.995. The van der Waals surface area contributed by atoms with E-state index in [2.05, 4.69) is 10.9 Å². The largest absolute Gasteiger partial charge is 0.326 e. The van der Waals surface area contributed by atoms with Gasteiger partial charge in [-0.25, -0.2) is 9.82 Å². The van der Waals surface area contributed by atoms with Crippen LogP contribution >= 0.6 is 0 Å². The minimum Gasteiger partial charge on any atom is -0.326 e. The minimum atomic E-state index is -0.995. The molecule has 0 fully saturated rings. The first-order valence-corrected chi connectivity index (χ1v) is 1.71. The summed E-state index contributed by atoms with van der Waals surface area (Å²) in [6.07, 6.45) is 1.91. The average Bonchev–Trinajstić information content (AvgIpc) is 1.86. The molecule has 1 unspecified atom stereocenters. The molecule has 1 atom stereocenters. The van der Waals surface area contributed by atoms with E-state index in [4.69, 9.17) is 0 Å². The second-order valence-electron chi connectivity index (χ2n) is 1.05. The molecule has 0 radical (unpaired) electrons. The molecule has 6 heavy (non-hydrogen) atoms. The van der Waals surface area contributed by atoms with E-state index in [0.29, 0.717) is 0 Å². The van der Waals surface area contributed by atoms with Crippen molar-refractivity contribution in [2.75, 3.05) is 0 Å². The molecule has 1 aliphatic rings. The highest BCUT2D eigenvalue weighted by Gasteiger charge is 2.00. The molecule has 0 amide bonds. The molecule has 0 saturated carbocycles. The number of hydrogen-bond acceptors (Lipinski definition) is 2. The van der Waals surface area contributed by atoms with Gasteiger partial charge in [0.25, 0.3) is 0 Å². The third-order valence-corrected chi connectivity index (χ3v) is 0.570. The number of alkyl halides is 1. The van der Waals surface area contributed by atoms with Gasteiger partial charge >= 0.3 is 0 Å². The maximum atomic E-state index is 11.7.